The van der Waals surface area contributed by atoms with Crippen molar-refractivity contribution >= 4 is 22.4 Å². The zero-order valence-corrected chi connectivity index (χ0v) is 13.2. The van der Waals surface area contributed by atoms with E-state index in [9.17, 15) is 0 Å². The van der Waals surface area contributed by atoms with Crippen LogP contribution in [0.2, 0.25) is 0 Å². The zero-order chi connectivity index (χ0) is 15.6. The number of ether oxygens (including phenoxy) is 1. The molecule has 0 aliphatic heterocycles. The van der Waals surface area contributed by atoms with E-state index in [-0.39, 0.29) is 6.10 Å². The van der Waals surface area contributed by atoms with Gasteiger partial charge in [-0.25, -0.2) is 9.61 Å². The van der Waals surface area contributed by atoms with Crippen molar-refractivity contribution in [3.63, 3.8) is 0 Å². The van der Waals surface area contributed by atoms with Gasteiger partial charge in [-0.2, -0.15) is 0 Å². The Labute approximate surface area is 136 Å². The van der Waals surface area contributed by atoms with Crippen LogP contribution in [-0.4, -0.2) is 27.0 Å². The van der Waals surface area contributed by atoms with Crippen LogP contribution < -0.4 is 0 Å². The fraction of sp³-hybridized carbons (Fsp3) is 0.188. The third-order valence-electron chi connectivity index (χ3n) is 3.75. The van der Waals surface area contributed by atoms with Gasteiger partial charge in [-0.05, 0) is 33.9 Å². The van der Waals surface area contributed by atoms with Gasteiger partial charge < -0.3 is 9.30 Å². The Morgan fingerprint density at radius 3 is 3.04 bits per heavy atom. The molecule has 0 fully saturated rings. The van der Waals surface area contributed by atoms with E-state index in [1.165, 1.54) is 4.88 Å². The summed E-state index contributed by atoms with van der Waals surface area (Å²) in [6.07, 6.45) is 3.71. The number of aromatic nitrogens is 4. The lowest BCUT2D eigenvalue weighted by Gasteiger charge is -2.16. The second-order valence-electron chi connectivity index (χ2n) is 5.08. The van der Waals surface area contributed by atoms with Gasteiger partial charge in [-0.1, -0.05) is 12.1 Å². The minimum atomic E-state index is -0.0161. The van der Waals surface area contributed by atoms with Crippen LogP contribution in [0.15, 0.2) is 52.7 Å². The number of rotatable bonds is 5. The van der Waals surface area contributed by atoms with E-state index in [1.54, 1.807) is 24.6 Å². The second-order valence-corrected chi connectivity index (χ2v) is 6.06. The Bertz CT molecular complexity index is 913. The molecule has 0 aliphatic carbocycles. The molecule has 4 aromatic rings. The zero-order valence-electron chi connectivity index (χ0n) is 12.4. The van der Waals surface area contributed by atoms with Gasteiger partial charge in [0.2, 0.25) is 0 Å². The van der Waals surface area contributed by atoms with Crippen LogP contribution in [0.3, 0.4) is 0 Å². The highest BCUT2D eigenvalue weighted by Gasteiger charge is 2.17. The molecule has 0 saturated carbocycles. The van der Waals surface area contributed by atoms with E-state index in [0.717, 1.165) is 16.9 Å². The van der Waals surface area contributed by atoms with Crippen LogP contribution in [0.1, 0.15) is 11.0 Å². The van der Waals surface area contributed by atoms with E-state index in [2.05, 4.69) is 31.3 Å². The van der Waals surface area contributed by atoms with Crippen molar-refractivity contribution in [2.24, 2.45) is 0 Å². The maximum absolute atomic E-state index is 5.65. The fourth-order valence-corrected chi connectivity index (χ4v) is 3.42. The van der Waals surface area contributed by atoms with Crippen molar-refractivity contribution in [2.45, 2.75) is 12.6 Å². The minimum Gasteiger partial charge on any atom is -0.374 e. The number of methoxy groups -OCH3 is 1. The molecule has 0 unspecified atom stereocenters. The lowest BCUT2D eigenvalue weighted by Crippen LogP contribution is -2.10. The molecule has 3 aromatic heterocycles. The Hall–Kier alpha value is -2.51. The summed E-state index contributed by atoms with van der Waals surface area (Å²) in [7, 11) is 1.73. The summed E-state index contributed by atoms with van der Waals surface area (Å²) >= 11 is 1.69. The van der Waals surface area contributed by atoms with E-state index in [4.69, 9.17) is 9.37 Å². The molecule has 0 saturated heterocycles. The monoisotopic (exact) mass is 326 g/mol. The first-order valence-corrected chi connectivity index (χ1v) is 8.04. The van der Waals surface area contributed by atoms with Crippen LogP contribution in [-0.2, 0) is 11.3 Å². The van der Waals surface area contributed by atoms with Crippen molar-refractivity contribution in [3.8, 4) is 11.4 Å². The van der Waals surface area contributed by atoms with Crippen molar-refractivity contribution in [1.82, 2.24) is 19.9 Å². The summed E-state index contributed by atoms with van der Waals surface area (Å²) in [5.41, 5.74) is 2.33. The SMILES string of the molecule is CO[C@@H](Cn1ccnc1-c1cccc2nonc12)c1cccs1. The number of nitrogens with zero attached hydrogens (tertiary/aromatic N) is 4. The van der Waals surface area contributed by atoms with E-state index in [1.807, 2.05) is 30.5 Å². The molecule has 3 heterocycles. The Balaban J connectivity index is 1.73. The third kappa shape index (κ3) is 2.54. The minimum absolute atomic E-state index is 0.0161. The number of hydrogen-bond donors (Lipinski definition) is 0. The molecular formula is C16H14N4O2S. The largest absolute Gasteiger partial charge is 0.374 e. The highest BCUT2D eigenvalue weighted by Crippen LogP contribution is 2.28. The first-order chi connectivity index (χ1) is 11.4. The number of hydrogen-bond acceptors (Lipinski definition) is 6. The van der Waals surface area contributed by atoms with Gasteiger partial charge in [0, 0.05) is 29.9 Å². The van der Waals surface area contributed by atoms with Crippen LogP contribution in [0.5, 0.6) is 0 Å². The van der Waals surface area contributed by atoms with Crippen molar-refractivity contribution in [1.29, 1.82) is 0 Å². The molecular weight excluding hydrogens is 312 g/mol. The van der Waals surface area contributed by atoms with Gasteiger partial charge in [0.25, 0.3) is 0 Å². The third-order valence-corrected chi connectivity index (χ3v) is 4.71. The molecule has 0 bridgehead atoms. The quantitative estimate of drug-likeness (QED) is 0.561. The summed E-state index contributed by atoms with van der Waals surface area (Å²) in [5.74, 6) is 0.824. The fourth-order valence-electron chi connectivity index (χ4n) is 2.62. The number of benzene rings is 1. The summed E-state index contributed by atoms with van der Waals surface area (Å²) in [6.45, 7) is 0.675. The molecule has 0 radical (unpaired) electrons. The molecule has 0 aliphatic rings. The van der Waals surface area contributed by atoms with Gasteiger partial charge in [0.15, 0.2) is 0 Å². The summed E-state index contributed by atoms with van der Waals surface area (Å²) in [6, 6.07) is 9.87. The Morgan fingerprint density at radius 2 is 2.22 bits per heavy atom. The van der Waals surface area contributed by atoms with E-state index < -0.39 is 0 Å². The van der Waals surface area contributed by atoms with Crippen molar-refractivity contribution < 1.29 is 9.37 Å². The Morgan fingerprint density at radius 1 is 1.26 bits per heavy atom. The predicted molar refractivity (Wildman–Crippen MR) is 87.1 cm³/mol. The van der Waals surface area contributed by atoms with Crippen LogP contribution in [0, 0.1) is 0 Å². The van der Waals surface area contributed by atoms with Gasteiger partial charge >= 0.3 is 0 Å². The smallest absolute Gasteiger partial charge is 0.146 e. The van der Waals surface area contributed by atoms with Gasteiger partial charge in [0.05, 0.1) is 6.54 Å². The summed E-state index contributed by atoms with van der Waals surface area (Å²) in [5, 5.41) is 9.94. The second kappa shape index (κ2) is 5.94. The maximum atomic E-state index is 5.65. The number of thiophene rings is 1. The highest BCUT2D eigenvalue weighted by atomic mass is 32.1. The molecule has 23 heavy (non-hydrogen) atoms. The average molecular weight is 326 g/mol. The maximum Gasteiger partial charge on any atom is 0.146 e. The van der Waals surface area contributed by atoms with Crippen molar-refractivity contribution in [2.75, 3.05) is 7.11 Å². The van der Waals surface area contributed by atoms with E-state index in [0.29, 0.717) is 12.1 Å². The first kappa shape index (κ1) is 14.1. The number of imidazole rings is 1. The molecule has 4 rings (SSSR count). The molecule has 1 atom stereocenters. The molecule has 7 heteroatoms. The van der Waals surface area contributed by atoms with E-state index >= 15 is 0 Å². The Kier molecular flexibility index (Phi) is 3.64. The lowest BCUT2D eigenvalue weighted by molar-refractivity contribution is 0.0911. The molecule has 116 valence electrons. The highest BCUT2D eigenvalue weighted by molar-refractivity contribution is 7.10. The van der Waals surface area contributed by atoms with Gasteiger partial charge in [0.1, 0.15) is 23.0 Å². The molecule has 6 nitrogen and oxygen atoms in total. The summed E-state index contributed by atoms with van der Waals surface area (Å²) < 4.78 is 12.6. The number of fused-ring (bicyclic) bond motifs is 1. The first-order valence-electron chi connectivity index (χ1n) is 7.16. The molecule has 0 amide bonds. The van der Waals surface area contributed by atoms with Crippen LogP contribution in [0.25, 0.3) is 22.4 Å². The molecule has 1 aromatic carbocycles. The van der Waals surface area contributed by atoms with Crippen LogP contribution in [0.4, 0.5) is 0 Å². The standard InChI is InChI=1S/C16H14N4O2S/c1-21-13(14-6-3-9-23-14)10-20-8-7-17-16(20)11-4-2-5-12-15(11)19-22-18-12/h2-9,13H,10H2,1H3/t13-/m0/s1. The molecule has 0 N–H and O–H groups in total. The topological polar surface area (TPSA) is 66.0 Å². The normalized spacial score (nSPS) is 12.7. The predicted octanol–water partition coefficient (Wildman–Crippen LogP) is 3.54. The van der Waals surface area contributed by atoms with Gasteiger partial charge in [-0.15, -0.1) is 11.3 Å². The average Bonchev–Trinajstić information content (AvgIpc) is 3.32. The van der Waals surface area contributed by atoms with Crippen LogP contribution >= 0.6 is 11.3 Å². The summed E-state index contributed by atoms with van der Waals surface area (Å²) in [4.78, 5) is 5.67. The molecule has 0 spiro atoms. The lowest BCUT2D eigenvalue weighted by atomic mass is 10.1. The van der Waals surface area contributed by atoms with Crippen molar-refractivity contribution in [3.05, 3.63) is 53.0 Å². The van der Waals surface area contributed by atoms with Gasteiger partial charge in [-0.3, -0.25) is 0 Å².